The van der Waals surface area contributed by atoms with Gasteiger partial charge in [-0.2, -0.15) is 5.26 Å². The number of aryl methyl sites for hydroxylation is 2. The number of nitriles is 1. The molecule has 2 fully saturated rings. The number of carbonyl (C=O) groups is 1. The van der Waals surface area contributed by atoms with Gasteiger partial charge in [0.2, 0.25) is 0 Å². The molecule has 3 N–H and O–H groups in total. The van der Waals surface area contributed by atoms with Crippen LogP contribution in [0.2, 0.25) is 0 Å². The summed E-state index contributed by atoms with van der Waals surface area (Å²) in [4.78, 5) is 23.9. The molecule has 4 heterocycles. The highest BCUT2D eigenvalue weighted by atomic mass is 32.1. The zero-order valence-corrected chi connectivity index (χ0v) is 21.0. The summed E-state index contributed by atoms with van der Waals surface area (Å²) in [6, 6.07) is 11.8. The van der Waals surface area contributed by atoms with E-state index in [-0.39, 0.29) is 11.9 Å². The predicted molar refractivity (Wildman–Crippen MR) is 140 cm³/mol. The molecule has 3 aromatic rings. The normalized spacial score (nSPS) is 23.8. The standard InChI is InChI=1S/C27H30N6OS/c1-15-3-8-22-24(29)25(35-27(22)30-15)26(34)31-19-5-4-16-11-23(18(12-28)9-17(16)10-19)33-13-20-6-7-21(14-33)32(20)2/h3,8-9,11,19-21H,4-7,10,13-14,29H2,1-2H3,(H,31,34)/t19-,20?,21?/m0/s1. The van der Waals surface area contributed by atoms with Crippen LogP contribution in [0.15, 0.2) is 24.3 Å². The molecular formula is C27H30N6OS. The third kappa shape index (κ3) is 3.83. The Balaban J connectivity index is 1.20. The van der Waals surface area contributed by atoms with E-state index in [4.69, 9.17) is 5.73 Å². The minimum atomic E-state index is -0.137. The molecule has 0 spiro atoms. The molecule has 1 amide bonds. The van der Waals surface area contributed by atoms with Gasteiger partial charge in [-0.3, -0.25) is 9.69 Å². The molecule has 8 heteroatoms. The Hall–Kier alpha value is -3.15. The van der Waals surface area contributed by atoms with Crippen LogP contribution in [0.5, 0.6) is 0 Å². The van der Waals surface area contributed by atoms with Crippen LogP contribution in [0, 0.1) is 18.3 Å². The van der Waals surface area contributed by atoms with E-state index in [1.807, 2.05) is 19.1 Å². The summed E-state index contributed by atoms with van der Waals surface area (Å²) in [7, 11) is 2.23. The number of piperazine rings is 1. The van der Waals surface area contributed by atoms with Gasteiger partial charge in [0.05, 0.1) is 16.9 Å². The van der Waals surface area contributed by atoms with E-state index in [1.54, 1.807) is 0 Å². The van der Waals surface area contributed by atoms with Crippen molar-refractivity contribution in [1.82, 2.24) is 15.2 Å². The molecule has 0 saturated carbocycles. The largest absolute Gasteiger partial charge is 0.397 e. The van der Waals surface area contributed by atoms with Gasteiger partial charge < -0.3 is 16.0 Å². The van der Waals surface area contributed by atoms with Gasteiger partial charge in [-0.15, -0.1) is 11.3 Å². The first-order valence-electron chi connectivity index (χ1n) is 12.4. The lowest BCUT2D eigenvalue weighted by Crippen LogP contribution is -2.52. The van der Waals surface area contributed by atoms with Crippen molar-refractivity contribution in [3.05, 3.63) is 51.5 Å². The highest BCUT2D eigenvalue weighted by molar-refractivity contribution is 7.21. The van der Waals surface area contributed by atoms with Crippen LogP contribution in [0.25, 0.3) is 10.2 Å². The number of fused-ring (bicyclic) bond motifs is 4. The first-order chi connectivity index (χ1) is 16.9. The number of aromatic nitrogens is 1. The first kappa shape index (κ1) is 22.3. The van der Waals surface area contributed by atoms with Gasteiger partial charge in [0.25, 0.3) is 5.91 Å². The molecule has 2 aliphatic heterocycles. The fourth-order valence-corrected chi connectivity index (χ4v) is 7.13. The Bertz CT molecular complexity index is 1360. The fraction of sp³-hybridized carbons (Fsp3) is 0.444. The quantitative estimate of drug-likeness (QED) is 0.587. The second kappa shape index (κ2) is 8.51. The summed E-state index contributed by atoms with van der Waals surface area (Å²) in [5.41, 5.74) is 12.0. The lowest BCUT2D eigenvalue weighted by molar-refractivity contribution is 0.0938. The zero-order chi connectivity index (χ0) is 24.3. The van der Waals surface area contributed by atoms with Crippen LogP contribution in [0.4, 0.5) is 11.4 Å². The Morgan fingerprint density at radius 2 is 1.97 bits per heavy atom. The molecule has 0 radical (unpaired) electrons. The minimum Gasteiger partial charge on any atom is -0.397 e. The SMILES string of the molecule is Cc1ccc2c(N)c(C(=O)N[C@H]3CCc4cc(N5CC6CCC(C5)N6C)c(C#N)cc4C3)sc2n1. The highest BCUT2D eigenvalue weighted by Gasteiger charge is 2.38. The summed E-state index contributed by atoms with van der Waals surface area (Å²) in [6.07, 6.45) is 4.98. The number of nitrogens with zero attached hydrogens (tertiary/aromatic N) is 4. The molecule has 3 atom stereocenters. The summed E-state index contributed by atoms with van der Waals surface area (Å²) in [5, 5.41) is 14.0. The Kier molecular flexibility index (Phi) is 5.42. The highest BCUT2D eigenvalue weighted by Crippen LogP contribution is 2.36. The Morgan fingerprint density at radius 3 is 2.71 bits per heavy atom. The first-order valence-corrected chi connectivity index (χ1v) is 13.2. The number of rotatable bonds is 3. The summed E-state index contributed by atoms with van der Waals surface area (Å²) >= 11 is 1.35. The molecule has 2 aromatic heterocycles. The average molecular weight is 487 g/mol. The maximum atomic E-state index is 13.1. The zero-order valence-electron chi connectivity index (χ0n) is 20.2. The van der Waals surface area contributed by atoms with Crippen molar-refractivity contribution >= 4 is 38.8 Å². The molecule has 7 nitrogen and oxygen atoms in total. The van der Waals surface area contributed by atoms with E-state index in [2.05, 4.69) is 45.4 Å². The molecule has 2 saturated heterocycles. The lowest BCUT2D eigenvalue weighted by Gasteiger charge is -2.41. The van der Waals surface area contributed by atoms with Crippen molar-refractivity contribution in [3.63, 3.8) is 0 Å². The number of carbonyl (C=O) groups excluding carboxylic acids is 1. The van der Waals surface area contributed by atoms with Gasteiger partial charge in [0.15, 0.2) is 0 Å². The summed E-state index contributed by atoms with van der Waals surface area (Å²) < 4.78 is 0. The van der Waals surface area contributed by atoms with Crippen molar-refractivity contribution in [3.8, 4) is 6.07 Å². The van der Waals surface area contributed by atoms with Crippen molar-refractivity contribution < 1.29 is 4.79 Å². The summed E-state index contributed by atoms with van der Waals surface area (Å²) in [6.45, 7) is 3.91. The lowest BCUT2D eigenvalue weighted by atomic mass is 9.86. The van der Waals surface area contributed by atoms with Crippen molar-refractivity contribution in [1.29, 1.82) is 5.26 Å². The van der Waals surface area contributed by atoms with E-state index in [0.29, 0.717) is 22.6 Å². The number of anilines is 2. The molecule has 180 valence electrons. The number of likely N-dealkylation sites (N-methyl/N-ethyl adjacent to an activating group) is 1. The number of nitrogens with two attached hydrogens (primary N) is 1. The number of hydrogen-bond acceptors (Lipinski definition) is 7. The van der Waals surface area contributed by atoms with Gasteiger partial charge in [0.1, 0.15) is 15.8 Å². The molecule has 6 rings (SSSR count). The second-order valence-corrected chi connectivity index (χ2v) is 11.3. The van der Waals surface area contributed by atoms with Gasteiger partial charge in [0, 0.05) is 42.3 Å². The topological polar surface area (TPSA) is 98.3 Å². The maximum absolute atomic E-state index is 13.1. The van der Waals surface area contributed by atoms with E-state index < -0.39 is 0 Å². The van der Waals surface area contributed by atoms with Crippen LogP contribution in [-0.4, -0.2) is 54.1 Å². The number of hydrogen-bond donors (Lipinski definition) is 2. The van der Waals surface area contributed by atoms with Crippen LogP contribution in [-0.2, 0) is 12.8 Å². The van der Waals surface area contributed by atoms with E-state index in [0.717, 1.165) is 59.5 Å². The van der Waals surface area contributed by atoms with Gasteiger partial charge in [-0.05, 0) is 81.5 Å². The van der Waals surface area contributed by atoms with E-state index in [9.17, 15) is 10.1 Å². The van der Waals surface area contributed by atoms with E-state index >= 15 is 0 Å². The number of thiophene rings is 1. The number of amides is 1. The van der Waals surface area contributed by atoms with Crippen LogP contribution >= 0.6 is 11.3 Å². The van der Waals surface area contributed by atoms with E-state index in [1.165, 1.54) is 35.3 Å². The molecular weight excluding hydrogens is 456 g/mol. The maximum Gasteiger partial charge on any atom is 0.263 e. The smallest absolute Gasteiger partial charge is 0.263 e. The predicted octanol–water partition coefficient (Wildman–Crippen LogP) is 3.63. The molecule has 2 bridgehead atoms. The molecule has 3 aliphatic rings. The molecule has 1 aliphatic carbocycles. The summed E-state index contributed by atoms with van der Waals surface area (Å²) in [5.74, 6) is -0.137. The van der Waals surface area contributed by atoms with Crippen molar-refractivity contribution in [2.24, 2.45) is 0 Å². The molecule has 1 aromatic carbocycles. The number of nitrogens with one attached hydrogen (secondary N) is 1. The molecule has 2 unspecified atom stereocenters. The van der Waals surface area contributed by atoms with Gasteiger partial charge in [-0.1, -0.05) is 0 Å². The third-order valence-electron chi connectivity index (χ3n) is 8.13. The Morgan fingerprint density at radius 1 is 1.20 bits per heavy atom. The van der Waals surface area contributed by atoms with Gasteiger partial charge >= 0.3 is 0 Å². The number of benzene rings is 1. The fourth-order valence-electron chi connectivity index (χ4n) is 6.09. The molecule has 35 heavy (non-hydrogen) atoms. The minimum absolute atomic E-state index is 0.0196. The van der Waals surface area contributed by atoms with Gasteiger partial charge in [-0.25, -0.2) is 4.98 Å². The van der Waals surface area contributed by atoms with Crippen molar-refractivity contribution in [2.75, 3.05) is 30.8 Å². The number of pyridine rings is 1. The Labute approximate surface area is 209 Å². The van der Waals surface area contributed by atoms with Crippen LogP contribution < -0.4 is 16.0 Å². The second-order valence-electron chi connectivity index (χ2n) is 10.3. The average Bonchev–Trinajstić information content (AvgIpc) is 3.26. The van der Waals surface area contributed by atoms with Crippen molar-refractivity contribution in [2.45, 2.75) is 57.2 Å². The third-order valence-corrected chi connectivity index (χ3v) is 9.24. The van der Waals surface area contributed by atoms with Crippen LogP contribution in [0.1, 0.15) is 51.3 Å². The monoisotopic (exact) mass is 486 g/mol. The van der Waals surface area contributed by atoms with Crippen LogP contribution in [0.3, 0.4) is 0 Å². The number of nitrogen functional groups attached to an aromatic ring is 1.